The first kappa shape index (κ1) is 23.2. The Kier molecular flexibility index (Phi) is 6.23. The fraction of sp³-hybridized carbons (Fsp3) is 0.391. The third kappa shape index (κ3) is 4.43. The van der Waals surface area contributed by atoms with E-state index in [-0.39, 0.29) is 23.2 Å². The first-order chi connectivity index (χ1) is 14.9. The van der Waals surface area contributed by atoms with Crippen LogP contribution in [0.15, 0.2) is 23.2 Å². The number of phenols is 3. The number of rotatable bonds is 3. The predicted octanol–water partition coefficient (Wildman–Crippen LogP) is 2.73. The zero-order valence-electron chi connectivity index (χ0n) is 18.8. The zero-order valence-corrected chi connectivity index (χ0v) is 18.8. The molecule has 0 saturated carbocycles. The number of carbonyl (C=O) groups excluding carboxylic acids is 1. The van der Waals surface area contributed by atoms with Crippen LogP contribution < -0.4 is 15.4 Å². The maximum absolute atomic E-state index is 13.2. The van der Waals surface area contributed by atoms with Gasteiger partial charge in [0, 0.05) is 23.7 Å². The third-order valence-corrected chi connectivity index (χ3v) is 5.79. The largest absolute Gasteiger partial charge is 0.507 e. The molecular weight excluding hydrogens is 414 g/mol. The molecule has 0 saturated heterocycles. The number of aliphatic hydroxyl groups is 1. The number of phenolic OH excluding ortho intramolecular Hbond substituents is 3. The minimum Gasteiger partial charge on any atom is -0.507 e. The molecule has 9 nitrogen and oxygen atoms in total. The number of nitrogens with zero attached hydrogens (tertiary/aromatic N) is 1. The van der Waals surface area contributed by atoms with Crippen molar-refractivity contribution in [2.75, 3.05) is 5.32 Å². The van der Waals surface area contributed by atoms with Gasteiger partial charge in [-0.2, -0.15) is 0 Å². The van der Waals surface area contributed by atoms with Gasteiger partial charge >= 0.3 is 0 Å². The summed E-state index contributed by atoms with van der Waals surface area (Å²) in [6, 6.07) is 4.02. The fourth-order valence-electron chi connectivity index (χ4n) is 3.67. The fourth-order valence-corrected chi connectivity index (χ4v) is 3.67. The monoisotopic (exact) mass is 443 g/mol. The van der Waals surface area contributed by atoms with Gasteiger partial charge < -0.3 is 30.5 Å². The Morgan fingerprint density at radius 3 is 2.44 bits per heavy atom. The van der Waals surface area contributed by atoms with Gasteiger partial charge in [-0.1, -0.05) is 0 Å². The van der Waals surface area contributed by atoms with Crippen molar-refractivity contribution < 1.29 is 30.0 Å². The van der Waals surface area contributed by atoms with Crippen LogP contribution >= 0.6 is 0 Å². The van der Waals surface area contributed by atoms with Crippen LogP contribution in [0.3, 0.4) is 0 Å². The van der Waals surface area contributed by atoms with E-state index in [1.807, 2.05) is 13.8 Å². The summed E-state index contributed by atoms with van der Waals surface area (Å²) in [4.78, 5) is 17.2. The minimum absolute atomic E-state index is 0.0412. The molecule has 3 rings (SSSR count). The van der Waals surface area contributed by atoms with E-state index >= 15 is 0 Å². The van der Waals surface area contributed by atoms with Crippen molar-refractivity contribution in [3.8, 4) is 23.0 Å². The zero-order chi connectivity index (χ0) is 23.8. The first-order valence-corrected chi connectivity index (χ1v) is 10.3. The summed E-state index contributed by atoms with van der Waals surface area (Å²) in [5.74, 6) is -0.317. The first-order valence-electron chi connectivity index (χ1n) is 10.3. The molecule has 6 N–H and O–H groups in total. The summed E-state index contributed by atoms with van der Waals surface area (Å²) in [5, 5.41) is 44.7. The lowest BCUT2D eigenvalue weighted by atomic mass is 9.86. The van der Waals surface area contributed by atoms with E-state index in [0.717, 1.165) is 16.7 Å². The number of hydrogen-bond donors (Lipinski definition) is 6. The van der Waals surface area contributed by atoms with Crippen molar-refractivity contribution in [1.82, 2.24) is 5.32 Å². The lowest BCUT2D eigenvalue weighted by Crippen LogP contribution is -2.54. The number of aromatic hydroxyl groups is 3. The van der Waals surface area contributed by atoms with Crippen LogP contribution in [0.1, 0.15) is 42.5 Å². The number of aliphatic hydroxyl groups excluding tert-OH is 1. The highest BCUT2D eigenvalue weighted by Gasteiger charge is 2.41. The topological polar surface area (TPSA) is 144 Å². The molecule has 2 aromatic carbocycles. The molecule has 32 heavy (non-hydrogen) atoms. The second kappa shape index (κ2) is 8.58. The number of amides is 1. The van der Waals surface area contributed by atoms with Crippen molar-refractivity contribution in [2.24, 2.45) is 4.99 Å². The van der Waals surface area contributed by atoms with Crippen molar-refractivity contribution in [3.63, 3.8) is 0 Å². The molecule has 0 fully saturated rings. The number of fused-ring (bicyclic) bond motifs is 1. The van der Waals surface area contributed by atoms with Gasteiger partial charge in [-0.3, -0.25) is 10.1 Å². The maximum Gasteiger partial charge on any atom is 0.270 e. The summed E-state index contributed by atoms with van der Waals surface area (Å²) in [6.45, 7) is 8.58. The smallest absolute Gasteiger partial charge is 0.270 e. The molecule has 2 unspecified atom stereocenters. The van der Waals surface area contributed by atoms with Crippen molar-refractivity contribution in [3.05, 3.63) is 40.5 Å². The van der Waals surface area contributed by atoms with Crippen LogP contribution in [0.5, 0.6) is 23.0 Å². The van der Waals surface area contributed by atoms with E-state index in [1.54, 1.807) is 13.8 Å². The molecule has 0 bridgehead atoms. The maximum atomic E-state index is 13.2. The molecule has 9 heteroatoms. The van der Waals surface area contributed by atoms with Gasteiger partial charge in [-0.15, -0.1) is 0 Å². The molecule has 172 valence electrons. The standard InChI is InChI=1S/C23H29N3O6/c1-11-12(2)20-16(13(3)19(11)30)8-9-23(5,32-20)21(31)26-22(24-14(4)27)25-15-6-7-17(28)18(29)10-15/h6-7,10,14,27-30H,8-9H2,1-5H3,(H2,24,25,26,31). The predicted molar refractivity (Wildman–Crippen MR) is 120 cm³/mol. The van der Waals surface area contributed by atoms with E-state index in [4.69, 9.17) is 4.74 Å². The third-order valence-electron chi connectivity index (χ3n) is 5.79. The van der Waals surface area contributed by atoms with Gasteiger partial charge in [0.15, 0.2) is 17.1 Å². The summed E-state index contributed by atoms with van der Waals surface area (Å²) in [5.41, 5.74) is 2.24. The molecule has 0 aromatic heterocycles. The van der Waals surface area contributed by atoms with Gasteiger partial charge in [-0.05, 0) is 69.9 Å². The summed E-state index contributed by atoms with van der Waals surface area (Å²) in [7, 11) is 0. The molecule has 0 aliphatic carbocycles. The molecule has 1 aliphatic heterocycles. The number of aliphatic imine (C=N–C) groups is 1. The number of hydrogen-bond acceptors (Lipinski definition) is 7. The SMILES string of the molecule is Cc1c(C)c2c(c(C)c1O)CCC(C)(C(=O)N/C(=N\C(C)O)Nc1ccc(O)c(O)c1)O2. The average molecular weight is 444 g/mol. The van der Waals surface area contributed by atoms with E-state index in [2.05, 4.69) is 15.6 Å². The Morgan fingerprint density at radius 1 is 1.12 bits per heavy atom. The van der Waals surface area contributed by atoms with Gasteiger partial charge in [0.25, 0.3) is 5.91 Å². The van der Waals surface area contributed by atoms with Crippen LogP contribution in [0.25, 0.3) is 0 Å². The lowest BCUT2D eigenvalue weighted by molar-refractivity contribution is -0.135. The molecule has 2 atom stereocenters. The molecular formula is C23H29N3O6. The van der Waals surface area contributed by atoms with E-state index in [0.29, 0.717) is 29.8 Å². The van der Waals surface area contributed by atoms with Crippen molar-refractivity contribution in [2.45, 2.75) is 59.3 Å². The molecule has 1 aliphatic rings. The van der Waals surface area contributed by atoms with Gasteiger partial charge in [0.05, 0.1) is 0 Å². The minimum atomic E-state index is -1.22. The molecule has 1 heterocycles. The summed E-state index contributed by atoms with van der Waals surface area (Å²) in [6.07, 6.45) is -0.196. The van der Waals surface area contributed by atoms with E-state index in [1.165, 1.54) is 25.1 Å². The quantitative estimate of drug-likeness (QED) is 0.185. The van der Waals surface area contributed by atoms with Gasteiger partial charge in [0.2, 0.25) is 5.96 Å². The highest BCUT2D eigenvalue weighted by atomic mass is 16.5. The number of carbonyl (C=O) groups is 1. The Labute approximate surface area is 186 Å². The highest BCUT2D eigenvalue weighted by Crippen LogP contribution is 2.43. The number of guanidine groups is 1. The van der Waals surface area contributed by atoms with Crippen LogP contribution in [-0.4, -0.2) is 44.1 Å². The highest BCUT2D eigenvalue weighted by molar-refractivity contribution is 6.06. The molecule has 2 aromatic rings. The molecule has 1 amide bonds. The number of nitrogens with one attached hydrogen (secondary N) is 2. The van der Waals surface area contributed by atoms with Crippen LogP contribution in [0, 0.1) is 20.8 Å². The van der Waals surface area contributed by atoms with Crippen molar-refractivity contribution >= 4 is 17.6 Å². The summed E-state index contributed by atoms with van der Waals surface area (Å²) < 4.78 is 6.18. The molecule has 0 radical (unpaired) electrons. The van der Waals surface area contributed by atoms with E-state index in [9.17, 15) is 25.2 Å². The van der Waals surface area contributed by atoms with Gasteiger partial charge in [0.1, 0.15) is 17.7 Å². The number of anilines is 1. The van der Waals surface area contributed by atoms with E-state index < -0.39 is 17.7 Å². The Balaban J connectivity index is 1.86. The average Bonchev–Trinajstić information content (AvgIpc) is 2.72. The Morgan fingerprint density at radius 2 is 1.81 bits per heavy atom. The van der Waals surface area contributed by atoms with Gasteiger partial charge in [-0.25, -0.2) is 4.99 Å². The lowest BCUT2D eigenvalue weighted by Gasteiger charge is -2.36. The molecule has 0 spiro atoms. The Hall–Kier alpha value is -3.46. The normalized spacial score (nSPS) is 19.0. The van der Waals surface area contributed by atoms with Crippen LogP contribution in [0.4, 0.5) is 5.69 Å². The van der Waals surface area contributed by atoms with Crippen molar-refractivity contribution in [1.29, 1.82) is 0 Å². The summed E-state index contributed by atoms with van der Waals surface area (Å²) >= 11 is 0. The second-order valence-electron chi connectivity index (χ2n) is 8.26. The number of benzene rings is 2. The van der Waals surface area contributed by atoms with Crippen LogP contribution in [-0.2, 0) is 11.2 Å². The second-order valence-corrected chi connectivity index (χ2v) is 8.26. The number of ether oxygens (including phenoxy) is 1. The van der Waals surface area contributed by atoms with Crippen LogP contribution in [0.2, 0.25) is 0 Å². The Bertz CT molecular complexity index is 1100.